The van der Waals surface area contributed by atoms with Gasteiger partial charge in [0.25, 0.3) is 0 Å². The Hall–Kier alpha value is -3.68. The van der Waals surface area contributed by atoms with E-state index in [9.17, 15) is 14.7 Å². The van der Waals surface area contributed by atoms with Crippen LogP contribution in [-0.4, -0.2) is 42.9 Å². The van der Waals surface area contributed by atoms with Gasteiger partial charge in [-0.3, -0.25) is 4.79 Å². The van der Waals surface area contributed by atoms with E-state index in [1.165, 1.54) is 19.2 Å². The van der Waals surface area contributed by atoms with Crippen LogP contribution in [0.2, 0.25) is 0 Å². The Labute approximate surface area is 178 Å². The Balaban J connectivity index is 1.66. The fourth-order valence-electron chi connectivity index (χ4n) is 3.63. The molecule has 1 fully saturated rings. The number of ether oxygens (including phenoxy) is 3. The zero-order chi connectivity index (χ0) is 22.0. The Kier molecular flexibility index (Phi) is 5.70. The highest BCUT2D eigenvalue weighted by atomic mass is 16.6. The average molecular weight is 425 g/mol. The van der Waals surface area contributed by atoms with Gasteiger partial charge in [0.15, 0.2) is 16.9 Å². The van der Waals surface area contributed by atoms with Gasteiger partial charge in [-0.2, -0.15) is 0 Å². The maximum absolute atomic E-state index is 12.9. The first-order chi connectivity index (χ1) is 15.0. The Morgan fingerprint density at radius 2 is 1.84 bits per heavy atom. The molecule has 162 valence electrons. The molecule has 1 aliphatic rings. The minimum Gasteiger partial charge on any atom is -0.504 e. The number of hydrogen-bond donors (Lipinski definition) is 1. The average Bonchev–Trinajstić information content (AvgIpc) is 3.29. The summed E-state index contributed by atoms with van der Waals surface area (Å²) >= 11 is 0. The van der Waals surface area contributed by atoms with Crippen LogP contribution in [0.1, 0.15) is 19.8 Å². The van der Waals surface area contributed by atoms with Crippen molar-refractivity contribution in [1.29, 1.82) is 0 Å². The van der Waals surface area contributed by atoms with E-state index in [4.69, 9.17) is 18.6 Å². The van der Waals surface area contributed by atoms with E-state index in [2.05, 4.69) is 0 Å². The number of carbonyl (C=O) groups excluding carboxylic acids is 1. The predicted octanol–water partition coefficient (Wildman–Crippen LogP) is 4.17. The molecule has 0 unspecified atom stereocenters. The summed E-state index contributed by atoms with van der Waals surface area (Å²) in [6.07, 6.45) is 1.61. The summed E-state index contributed by atoms with van der Waals surface area (Å²) in [5, 5.41) is 10.5. The Morgan fingerprint density at radius 1 is 1.13 bits per heavy atom. The highest BCUT2D eigenvalue weighted by Gasteiger charge is 2.21. The summed E-state index contributed by atoms with van der Waals surface area (Å²) in [6, 6.07) is 9.36. The van der Waals surface area contributed by atoms with Crippen LogP contribution in [0.4, 0.5) is 4.79 Å². The van der Waals surface area contributed by atoms with E-state index in [1.54, 1.807) is 36.1 Å². The van der Waals surface area contributed by atoms with Crippen LogP contribution in [0, 0.1) is 0 Å². The normalized spacial score (nSPS) is 13.4. The third kappa shape index (κ3) is 4.01. The molecule has 4 rings (SSSR count). The van der Waals surface area contributed by atoms with E-state index in [1.807, 2.05) is 0 Å². The molecule has 2 heterocycles. The number of nitrogens with zero attached hydrogens (tertiary/aromatic N) is 1. The van der Waals surface area contributed by atoms with Crippen LogP contribution < -0.4 is 19.6 Å². The number of amides is 1. The van der Waals surface area contributed by atoms with Gasteiger partial charge in [-0.1, -0.05) is 0 Å². The van der Waals surface area contributed by atoms with Gasteiger partial charge >= 0.3 is 6.09 Å². The molecule has 2 aromatic carbocycles. The summed E-state index contributed by atoms with van der Waals surface area (Å²) in [5.74, 6) is 0.748. The minimum absolute atomic E-state index is 0.0820. The molecule has 0 atom stereocenters. The molecule has 0 spiro atoms. The van der Waals surface area contributed by atoms with Crippen LogP contribution in [-0.2, 0) is 0 Å². The van der Waals surface area contributed by atoms with Gasteiger partial charge in [-0.25, -0.2) is 4.79 Å². The number of hydrogen-bond acceptors (Lipinski definition) is 7. The second-order valence-electron chi connectivity index (χ2n) is 7.13. The quantitative estimate of drug-likeness (QED) is 0.655. The lowest BCUT2D eigenvalue weighted by Gasteiger charge is -2.15. The first kappa shape index (κ1) is 20.6. The standard InChI is InChI=1S/C23H23NO7/c1-3-29-22-20-16(25)12-18(31-19(20)13-17(26)21(22)28-2)14-6-8-15(9-7-14)30-23(27)24-10-4-5-11-24/h6-9,12-13,26H,3-5,10-11H2,1-2H3. The van der Waals surface area contributed by atoms with Crippen molar-refractivity contribution in [3.05, 3.63) is 46.6 Å². The molecule has 0 aliphatic carbocycles. The monoisotopic (exact) mass is 425 g/mol. The van der Waals surface area contributed by atoms with Crippen molar-refractivity contribution in [2.75, 3.05) is 26.8 Å². The number of likely N-dealkylation sites (tertiary alicyclic amines) is 1. The van der Waals surface area contributed by atoms with Crippen molar-refractivity contribution in [2.24, 2.45) is 0 Å². The molecule has 1 aliphatic heterocycles. The highest BCUT2D eigenvalue weighted by Crippen LogP contribution is 2.42. The fraction of sp³-hybridized carbons (Fsp3) is 0.304. The second-order valence-corrected chi connectivity index (χ2v) is 7.13. The van der Waals surface area contributed by atoms with Crippen molar-refractivity contribution in [2.45, 2.75) is 19.8 Å². The molecule has 1 aromatic heterocycles. The first-order valence-corrected chi connectivity index (χ1v) is 10.1. The van der Waals surface area contributed by atoms with E-state index in [-0.39, 0.29) is 46.3 Å². The number of phenols is 1. The molecular formula is C23H23NO7. The molecule has 1 N–H and O–H groups in total. The maximum Gasteiger partial charge on any atom is 0.415 e. The largest absolute Gasteiger partial charge is 0.504 e. The topological polar surface area (TPSA) is 98.4 Å². The van der Waals surface area contributed by atoms with Gasteiger partial charge in [0.05, 0.1) is 13.7 Å². The van der Waals surface area contributed by atoms with Crippen LogP contribution in [0.3, 0.4) is 0 Å². The molecule has 1 amide bonds. The van der Waals surface area contributed by atoms with Gasteiger partial charge in [0.1, 0.15) is 22.5 Å². The molecule has 8 heteroatoms. The number of fused-ring (bicyclic) bond motifs is 1. The second kappa shape index (κ2) is 8.59. The Morgan fingerprint density at radius 3 is 2.48 bits per heavy atom. The molecule has 31 heavy (non-hydrogen) atoms. The molecule has 0 saturated carbocycles. The van der Waals surface area contributed by atoms with Gasteiger partial charge in [-0.05, 0) is 44.0 Å². The first-order valence-electron chi connectivity index (χ1n) is 10.1. The summed E-state index contributed by atoms with van der Waals surface area (Å²) in [7, 11) is 1.39. The number of benzene rings is 2. The lowest BCUT2D eigenvalue weighted by Crippen LogP contribution is -2.30. The van der Waals surface area contributed by atoms with Gasteiger partial charge < -0.3 is 28.6 Å². The van der Waals surface area contributed by atoms with Crippen molar-refractivity contribution in [3.8, 4) is 34.3 Å². The molecule has 8 nitrogen and oxygen atoms in total. The SMILES string of the molecule is CCOc1c(OC)c(O)cc2oc(-c3ccc(OC(=O)N4CCCC4)cc3)cc(=O)c12. The van der Waals surface area contributed by atoms with E-state index in [0.717, 1.165) is 12.8 Å². The number of aromatic hydroxyl groups is 1. The molecule has 1 saturated heterocycles. The predicted molar refractivity (Wildman–Crippen MR) is 114 cm³/mol. The summed E-state index contributed by atoms with van der Waals surface area (Å²) < 4.78 is 22.0. The third-order valence-electron chi connectivity index (χ3n) is 5.11. The smallest absolute Gasteiger partial charge is 0.415 e. The maximum atomic E-state index is 12.9. The molecule has 3 aromatic rings. The lowest BCUT2D eigenvalue weighted by atomic mass is 10.1. The van der Waals surface area contributed by atoms with E-state index < -0.39 is 0 Å². The zero-order valence-corrected chi connectivity index (χ0v) is 17.3. The summed E-state index contributed by atoms with van der Waals surface area (Å²) in [5.41, 5.74) is 0.463. The Bertz CT molecular complexity index is 1160. The van der Waals surface area contributed by atoms with E-state index in [0.29, 0.717) is 30.2 Å². The van der Waals surface area contributed by atoms with E-state index >= 15 is 0 Å². The number of phenolic OH excluding ortho intramolecular Hbond substituents is 1. The van der Waals surface area contributed by atoms with Crippen LogP contribution in [0.5, 0.6) is 23.0 Å². The molecule has 0 radical (unpaired) electrons. The zero-order valence-electron chi connectivity index (χ0n) is 17.3. The van der Waals surface area contributed by atoms with Crippen LogP contribution in [0.15, 0.2) is 45.6 Å². The molecular weight excluding hydrogens is 402 g/mol. The number of methoxy groups -OCH3 is 1. The van der Waals surface area contributed by atoms with Crippen LogP contribution in [0.25, 0.3) is 22.3 Å². The van der Waals surface area contributed by atoms with Gasteiger partial charge in [-0.15, -0.1) is 0 Å². The van der Waals surface area contributed by atoms with Crippen molar-refractivity contribution in [1.82, 2.24) is 4.90 Å². The number of rotatable bonds is 5. The summed E-state index contributed by atoms with van der Waals surface area (Å²) in [4.78, 5) is 26.7. The van der Waals surface area contributed by atoms with Crippen molar-refractivity contribution >= 4 is 17.1 Å². The highest BCUT2D eigenvalue weighted by molar-refractivity contribution is 5.90. The lowest BCUT2D eigenvalue weighted by molar-refractivity contribution is 0.163. The molecule has 0 bridgehead atoms. The van der Waals surface area contributed by atoms with Crippen molar-refractivity contribution in [3.63, 3.8) is 0 Å². The minimum atomic E-state index is -0.365. The van der Waals surface area contributed by atoms with Crippen molar-refractivity contribution < 1.29 is 28.5 Å². The summed E-state index contributed by atoms with van der Waals surface area (Å²) in [6.45, 7) is 3.47. The van der Waals surface area contributed by atoms with Gasteiger partial charge in [0, 0.05) is 30.8 Å². The van der Waals surface area contributed by atoms with Crippen LogP contribution >= 0.6 is 0 Å². The van der Waals surface area contributed by atoms with Gasteiger partial charge in [0.2, 0.25) is 5.75 Å². The fourth-order valence-corrected chi connectivity index (χ4v) is 3.63. The number of carbonyl (C=O) groups is 1. The third-order valence-corrected chi connectivity index (χ3v) is 5.11.